The average molecular weight is 261 g/mol. The van der Waals surface area contributed by atoms with Gasteiger partial charge in [0.25, 0.3) is 0 Å². The first-order valence-corrected chi connectivity index (χ1v) is 8.02. The van der Waals surface area contributed by atoms with Gasteiger partial charge in [-0.05, 0) is 30.9 Å². The Labute approximate surface area is 110 Å². The monoisotopic (exact) mass is 261 g/mol. The van der Waals surface area contributed by atoms with E-state index in [1.807, 2.05) is 11.8 Å². The molecule has 0 amide bonds. The van der Waals surface area contributed by atoms with E-state index in [0.29, 0.717) is 5.92 Å². The van der Waals surface area contributed by atoms with Crippen molar-refractivity contribution in [2.75, 3.05) is 51.5 Å². The zero-order valence-electron chi connectivity index (χ0n) is 11.5. The molecule has 1 aliphatic heterocycles. The van der Waals surface area contributed by atoms with Crippen LogP contribution in [0.3, 0.4) is 0 Å². The van der Waals surface area contributed by atoms with E-state index < -0.39 is 0 Å². The van der Waals surface area contributed by atoms with Crippen LogP contribution in [0.1, 0.15) is 20.3 Å². The summed E-state index contributed by atoms with van der Waals surface area (Å²) in [7, 11) is 0. The zero-order valence-corrected chi connectivity index (χ0v) is 12.3. The Morgan fingerprint density at radius 1 is 1.47 bits per heavy atom. The van der Waals surface area contributed by atoms with Gasteiger partial charge in [-0.3, -0.25) is 4.90 Å². The second kappa shape index (κ2) is 9.20. The summed E-state index contributed by atoms with van der Waals surface area (Å²) >= 11 is 1.93. The van der Waals surface area contributed by atoms with Crippen molar-refractivity contribution in [3.05, 3.63) is 0 Å². The molecule has 3 nitrogen and oxygen atoms in total. The minimum atomic E-state index is 0.275. The van der Waals surface area contributed by atoms with Gasteiger partial charge in [-0.2, -0.15) is 11.8 Å². The number of morpholine rings is 1. The number of thioether (sulfide) groups is 1. The summed E-state index contributed by atoms with van der Waals surface area (Å²) in [6, 6.07) is 0. The average Bonchev–Trinajstić information content (AvgIpc) is 2.29. The van der Waals surface area contributed by atoms with Gasteiger partial charge < -0.3 is 9.47 Å². The Hall–Kier alpha value is 0.230. The van der Waals surface area contributed by atoms with Crippen molar-refractivity contribution >= 4 is 11.8 Å². The molecular formula is C13H27NO2S. The number of ether oxygens (including phenoxy) is 2. The molecule has 1 saturated heterocycles. The van der Waals surface area contributed by atoms with Gasteiger partial charge in [-0.15, -0.1) is 0 Å². The van der Waals surface area contributed by atoms with Gasteiger partial charge in [0.2, 0.25) is 0 Å². The third-order valence-electron chi connectivity index (χ3n) is 2.80. The lowest BCUT2D eigenvalue weighted by Gasteiger charge is -2.32. The van der Waals surface area contributed by atoms with E-state index in [0.717, 1.165) is 32.9 Å². The number of hydrogen-bond acceptors (Lipinski definition) is 4. The van der Waals surface area contributed by atoms with E-state index in [1.165, 1.54) is 18.7 Å². The predicted octanol–water partition coefficient (Wildman–Crippen LogP) is 2.11. The Kier molecular flexibility index (Phi) is 8.27. The topological polar surface area (TPSA) is 21.7 Å². The quantitative estimate of drug-likeness (QED) is 0.624. The Bertz CT molecular complexity index is 190. The number of rotatable bonds is 8. The lowest BCUT2D eigenvalue weighted by atomic mass is 10.2. The molecular weight excluding hydrogens is 234 g/mol. The van der Waals surface area contributed by atoms with Crippen molar-refractivity contribution in [2.24, 2.45) is 5.92 Å². The van der Waals surface area contributed by atoms with Crippen LogP contribution in [0.15, 0.2) is 0 Å². The molecule has 0 spiro atoms. The van der Waals surface area contributed by atoms with Crippen LogP contribution in [0.25, 0.3) is 0 Å². The fourth-order valence-electron chi connectivity index (χ4n) is 1.95. The number of hydrogen-bond donors (Lipinski definition) is 0. The molecule has 102 valence electrons. The molecule has 17 heavy (non-hydrogen) atoms. The van der Waals surface area contributed by atoms with Crippen molar-refractivity contribution in [2.45, 2.75) is 26.4 Å². The lowest BCUT2D eigenvalue weighted by Crippen LogP contribution is -2.44. The van der Waals surface area contributed by atoms with E-state index in [1.54, 1.807) is 0 Å². The molecule has 0 unspecified atom stereocenters. The highest BCUT2D eigenvalue weighted by atomic mass is 32.2. The summed E-state index contributed by atoms with van der Waals surface area (Å²) in [5.41, 5.74) is 0. The highest BCUT2D eigenvalue weighted by Gasteiger charge is 2.20. The van der Waals surface area contributed by atoms with E-state index >= 15 is 0 Å². The molecule has 1 fully saturated rings. The molecule has 1 atom stereocenters. The molecule has 0 aliphatic carbocycles. The molecule has 0 aromatic heterocycles. The molecule has 4 heteroatoms. The molecule has 0 bridgehead atoms. The van der Waals surface area contributed by atoms with Gasteiger partial charge in [-0.25, -0.2) is 0 Å². The predicted molar refractivity (Wildman–Crippen MR) is 74.8 cm³/mol. The van der Waals surface area contributed by atoms with Gasteiger partial charge in [-0.1, -0.05) is 13.8 Å². The van der Waals surface area contributed by atoms with E-state index in [-0.39, 0.29) is 6.10 Å². The van der Waals surface area contributed by atoms with E-state index in [2.05, 4.69) is 25.0 Å². The zero-order chi connectivity index (χ0) is 12.5. The van der Waals surface area contributed by atoms with Crippen molar-refractivity contribution in [3.63, 3.8) is 0 Å². The molecule has 0 aromatic carbocycles. The van der Waals surface area contributed by atoms with Crippen molar-refractivity contribution in [3.8, 4) is 0 Å². The van der Waals surface area contributed by atoms with Crippen LogP contribution in [-0.4, -0.2) is 62.5 Å². The molecule has 1 aliphatic rings. The fraction of sp³-hybridized carbons (Fsp3) is 1.00. The summed E-state index contributed by atoms with van der Waals surface area (Å²) in [6.45, 7) is 10.1. The van der Waals surface area contributed by atoms with Gasteiger partial charge in [0.05, 0.1) is 19.3 Å². The third-order valence-corrected chi connectivity index (χ3v) is 3.50. The SMILES string of the molecule is CSCCCN1CCO[C@@H](COCC(C)C)C1. The maximum atomic E-state index is 5.72. The summed E-state index contributed by atoms with van der Waals surface area (Å²) in [5, 5.41) is 0. The van der Waals surface area contributed by atoms with Crippen LogP contribution in [0.4, 0.5) is 0 Å². The lowest BCUT2D eigenvalue weighted by molar-refractivity contribution is -0.0718. The molecule has 0 aromatic rings. The van der Waals surface area contributed by atoms with Crippen LogP contribution in [0, 0.1) is 5.92 Å². The van der Waals surface area contributed by atoms with Crippen LogP contribution in [0.2, 0.25) is 0 Å². The van der Waals surface area contributed by atoms with Gasteiger partial charge in [0.15, 0.2) is 0 Å². The molecule has 0 radical (unpaired) electrons. The molecule has 1 rings (SSSR count). The Balaban J connectivity index is 2.10. The minimum Gasteiger partial charge on any atom is -0.378 e. The first kappa shape index (κ1) is 15.3. The highest BCUT2D eigenvalue weighted by molar-refractivity contribution is 7.98. The third kappa shape index (κ3) is 7.29. The fourth-order valence-corrected chi connectivity index (χ4v) is 2.37. The van der Waals surface area contributed by atoms with Crippen LogP contribution < -0.4 is 0 Å². The standard InChI is InChI=1S/C13H27NO2S/c1-12(2)10-15-11-13-9-14(6-7-16-13)5-4-8-17-3/h12-13H,4-11H2,1-3H3/t13-/m1/s1. The summed E-state index contributed by atoms with van der Waals surface area (Å²) < 4.78 is 11.4. The highest BCUT2D eigenvalue weighted by Crippen LogP contribution is 2.08. The van der Waals surface area contributed by atoms with Crippen LogP contribution in [0.5, 0.6) is 0 Å². The van der Waals surface area contributed by atoms with Crippen molar-refractivity contribution < 1.29 is 9.47 Å². The maximum absolute atomic E-state index is 5.72. The smallest absolute Gasteiger partial charge is 0.0935 e. The molecule has 0 saturated carbocycles. The minimum absolute atomic E-state index is 0.275. The Morgan fingerprint density at radius 2 is 2.29 bits per heavy atom. The van der Waals surface area contributed by atoms with Crippen molar-refractivity contribution in [1.29, 1.82) is 0 Å². The first-order valence-electron chi connectivity index (χ1n) is 6.63. The van der Waals surface area contributed by atoms with Gasteiger partial charge in [0, 0.05) is 19.7 Å². The summed E-state index contributed by atoms with van der Waals surface area (Å²) in [5.74, 6) is 1.86. The first-order chi connectivity index (χ1) is 8.22. The van der Waals surface area contributed by atoms with E-state index in [9.17, 15) is 0 Å². The van der Waals surface area contributed by atoms with Crippen molar-refractivity contribution in [1.82, 2.24) is 4.90 Å². The molecule has 0 N–H and O–H groups in total. The summed E-state index contributed by atoms with van der Waals surface area (Å²) in [4.78, 5) is 2.50. The maximum Gasteiger partial charge on any atom is 0.0935 e. The second-order valence-corrected chi connectivity index (χ2v) is 6.06. The van der Waals surface area contributed by atoms with Gasteiger partial charge >= 0.3 is 0 Å². The van der Waals surface area contributed by atoms with E-state index in [4.69, 9.17) is 9.47 Å². The largest absolute Gasteiger partial charge is 0.378 e. The summed E-state index contributed by atoms with van der Waals surface area (Å²) in [6.07, 6.45) is 3.72. The van der Waals surface area contributed by atoms with Crippen LogP contribution >= 0.6 is 11.8 Å². The molecule has 1 heterocycles. The second-order valence-electron chi connectivity index (χ2n) is 5.07. The van der Waals surface area contributed by atoms with Gasteiger partial charge in [0.1, 0.15) is 0 Å². The number of nitrogens with zero attached hydrogens (tertiary/aromatic N) is 1. The Morgan fingerprint density at radius 3 is 3.00 bits per heavy atom. The van der Waals surface area contributed by atoms with Crippen LogP contribution in [-0.2, 0) is 9.47 Å². The normalized spacial score (nSPS) is 22.2.